The third kappa shape index (κ3) is 2.22. The van der Waals surface area contributed by atoms with Crippen molar-refractivity contribution in [1.82, 2.24) is 0 Å². The zero-order valence-corrected chi connectivity index (χ0v) is 13.6. The summed E-state index contributed by atoms with van der Waals surface area (Å²) in [5, 5.41) is 2.46. The van der Waals surface area contributed by atoms with E-state index in [1.165, 1.54) is 49.3 Å². The van der Waals surface area contributed by atoms with Crippen molar-refractivity contribution in [3.63, 3.8) is 0 Å². The molecule has 23 heavy (non-hydrogen) atoms. The van der Waals surface area contributed by atoms with Crippen LogP contribution in [0.3, 0.4) is 0 Å². The van der Waals surface area contributed by atoms with Gasteiger partial charge in [0.2, 0.25) is 12.3 Å². The second kappa shape index (κ2) is 4.90. The van der Waals surface area contributed by atoms with Gasteiger partial charge in [-0.15, -0.1) is 0 Å². The highest BCUT2D eigenvalue weighted by Gasteiger charge is 2.54. The molecule has 0 amide bonds. The van der Waals surface area contributed by atoms with Crippen molar-refractivity contribution in [1.29, 1.82) is 0 Å². The Morgan fingerprint density at radius 3 is 2.22 bits per heavy atom. The van der Waals surface area contributed by atoms with Crippen molar-refractivity contribution in [3.8, 4) is 0 Å². The molecule has 1 heterocycles. The number of benzene rings is 1. The second-order valence-electron chi connectivity index (χ2n) is 8.37. The van der Waals surface area contributed by atoms with Crippen molar-refractivity contribution in [2.75, 3.05) is 0 Å². The van der Waals surface area contributed by atoms with E-state index in [2.05, 4.69) is 47.3 Å². The van der Waals surface area contributed by atoms with E-state index in [1.54, 1.807) is 0 Å². The van der Waals surface area contributed by atoms with Crippen LogP contribution in [-0.4, -0.2) is 5.78 Å². The summed E-state index contributed by atoms with van der Waals surface area (Å²) in [6, 6.07) is 10.5. The van der Waals surface area contributed by atoms with Gasteiger partial charge in [-0.05, 0) is 67.7 Å². The third-order valence-electron chi connectivity index (χ3n) is 6.70. The van der Waals surface area contributed by atoms with E-state index in [-0.39, 0.29) is 5.41 Å². The highest BCUT2D eigenvalue weighted by atomic mass is 16.1. The molecule has 6 rings (SSSR count). The molecule has 118 valence electrons. The summed E-state index contributed by atoms with van der Waals surface area (Å²) in [7, 11) is 0. The van der Waals surface area contributed by atoms with Gasteiger partial charge in [-0.2, -0.15) is 4.57 Å². The first-order valence-electron chi connectivity index (χ1n) is 9.11. The average Bonchev–Trinajstić information content (AvgIpc) is 2.53. The Balaban J connectivity index is 1.42. The van der Waals surface area contributed by atoms with Crippen LogP contribution in [0.25, 0.3) is 10.8 Å². The number of nitrogens with zero attached hydrogens (tertiary/aromatic N) is 1. The zero-order valence-electron chi connectivity index (χ0n) is 13.6. The molecule has 4 aliphatic rings. The van der Waals surface area contributed by atoms with E-state index >= 15 is 0 Å². The molecule has 4 bridgehead atoms. The first-order chi connectivity index (χ1) is 11.2. The SMILES string of the molecule is O=C(C[n+]1ccc2ccccc2c1)C12CC3CC(CC(C3)C1)C2. The van der Waals surface area contributed by atoms with Crippen molar-refractivity contribution < 1.29 is 9.36 Å². The highest BCUT2D eigenvalue weighted by molar-refractivity contribution is 5.84. The van der Waals surface area contributed by atoms with Crippen LogP contribution in [0.4, 0.5) is 0 Å². The normalized spacial score (nSPS) is 34.9. The van der Waals surface area contributed by atoms with Gasteiger partial charge in [0, 0.05) is 16.9 Å². The molecule has 2 heteroatoms. The fourth-order valence-corrected chi connectivity index (χ4v) is 6.06. The summed E-state index contributed by atoms with van der Waals surface area (Å²) in [6.07, 6.45) is 11.9. The molecule has 0 N–H and O–H groups in total. The summed E-state index contributed by atoms with van der Waals surface area (Å²) in [6.45, 7) is 0.553. The number of carbonyl (C=O) groups is 1. The quantitative estimate of drug-likeness (QED) is 0.788. The van der Waals surface area contributed by atoms with Gasteiger partial charge < -0.3 is 0 Å². The van der Waals surface area contributed by atoms with E-state index in [1.807, 2.05) is 0 Å². The lowest BCUT2D eigenvalue weighted by Crippen LogP contribution is -2.53. The fourth-order valence-electron chi connectivity index (χ4n) is 6.06. The number of pyridine rings is 1. The molecule has 1 aromatic heterocycles. The molecule has 0 atom stereocenters. The summed E-state index contributed by atoms with van der Waals surface area (Å²) in [4.78, 5) is 13.2. The van der Waals surface area contributed by atoms with Crippen LogP contribution < -0.4 is 4.57 Å². The molecule has 4 fully saturated rings. The summed E-state index contributed by atoms with van der Waals surface area (Å²) in [5.41, 5.74) is 0.0212. The van der Waals surface area contributed by atoms with Crippen LogP contribution in [0, 0.1) is 23.2 Å². The Hall–Kier alpha value is -1.70. The van der Waals surface area contributed by atoms with Gasteiger partial charge in [-0.3, -0.25) is 4.79 Å². The van der Waals surface area contributed by atoms with E-state index in [4.69, 9.17) is 0 Å². The first kappa shape index (κ1) is 13.7. The first-order valence-corrected chi connectivity index (χ1v) is 9.11. The van der Waals surface area contributed by atoms with Crippen LogP contribution in [0.15, 0.2) is 42.7 Å². The Morgan fingerprint density at radius 1 is 0.957 bits per heavy atom. The Kier molecular flexibility index (Phi) is 2.92. The van der Waals surface area contributed by atoms with Crippen LogP contribution in [0.5, 0.6) is 0 Å². The van der Waals surface area contributed by atoms with Gasteiger partial charge >= 0.3 is 0 Å². The molecule has 1 aromatic carbocycles. The van der Waals surface area contributed by atoms with Crippen molar-refractivity contribution >= 4 is 16.6 Å². The molecule has 2 nitrogen and oxygen atoms in total. The van der Waals surface area contributed by atoms with E-state index in [9.17, 15) is 4.79 Å². The molecule has 0 radical (unpaired) electrons. The van der Waals surface area contributed by atoms with Gasteiger partial charge in [0.1, 0.15) is 0 Å². The highest BCUT2D eigenvalue weighted by Crippen LogP contribution is 2.60. The number of fused-ring (bicyclic) bond motifs is 1. The standard InChI is InChI=1S/C21H24NO/c23-20(14-22-6-5-18-3-1-2-4-19(18)13-22)21-10-15-7-16(11-21)9-17(8-15)12-21/h1-6,13,15-17H,7-12,14H2/q+1. The maximum Gasteiger partial charge on any atom is 0.207 e. The van der Waals surface area contributed by atoms with Crippen molar-refractivity contribution in [3.05, 3.63) is 42.7 Å². The van der Waals surface area contributed by atoms with Gasteiger partial charge in [0.25, 0.3) is 0 Å². The van der Waals surface area contributed by atoms with E-state index in [0.717, 1.165) is 17.8 Å². The fraction of sp³-hybridized carbons (Fsp3) is 0.524. The number of aromatic nitrogens is 1. The maximum absolute atomic E-state index is 13.2. The molecule has 4 saturated carbocycles. The van der Waals surface area contributed by atoms with Crippen molar-refractivity contribution in [2.24, 2.45) is 23.2 Å². The minimum Gasteiger partial charge on any atom is -0.292 e. The molecular weight excluding hydrogens is 282 g/mol. The summed E-state index contributed by atoms with van der Waals surface area (Å²) >= 11 is 0. The Morgan fingerprint density at radius 2 is 1.57 bits per heavy atom. The topological polar surface area (TPSA) is 20.9 Å². The van der Waals surface area contributed by atoms with E-state index < -0.39 is 0 Å². The Bertz CT molecular complexity index is 743. The summed E-state index contributed by atoms with van der Waals surface area (Å²) in [5.74, 6) is 3.02. The molecule has 2 aromatic rings. The Labute approximate surface area is 137 Å². The summed E-state index contributed by atoms with van der Waals surface area (Å²) < 4.78 is 2.10. The van der Waals surface area contributed by atoms with Crippen molar-refractivity contribution in [2.45, 2.75) is 45.1 Å². The molecule has 0 saturated heterocycles. The minimum absolute atomic E-state index is 0.0212. The molecular formula is C21H24NO+. The number of rotatable bonds is 3. The number of Topliss-reactive ketones (excluding diaryl/α,β-unsaturated/α-hetero) is 1. The monoisotopic (exact) mass is 306 g/mol. The predicted molar refractivity (Wildman–Crippen MR) is 89.8 cm³/mol. The predicted octanol–water partition coefficient (Wildman–Crippen LogP) is 3.91. The van der Waals surface area contributed by atoms with Crippen LogP contribution in [-0.2, 0) is 11.3 Å². The molecule has 0 spiro atoms. The molecule has 4 aliphatic carbocycles. The smallest absolute Gasteiger partial charge is 0.207 e. The number of carbonyl (C=O) groups excluding carboxylic acids is 1. The lowest BCUT2D eigenvalue weighted by atomic mass is 9.48. The third-order valence-corrected chi connectivity index (χ3v) is 6.70. The average molecular weight is 306 g/mol. The molecule has 0 aliphatic heterocycles. The van der Waals surface area contributed by atoms with E-state index in [0.29, 0.717) is 12.3 Å². The zero-order chi connectivity index (χ0) is 15.4. The number of ketones is 1. The lowest BCUT2D eigenvalue weighted by Gasteiger charge is -2.55. The van der Waals surface area contributed by atoms with Crippen LogP contribution in [0.1, 0.15) is 38.5 Å². The van der Waals surface area contributed by atoms with Gasteiger partial charge in [-0.25, -0.2) is 0 Å². The number of hydrogen-bond acceptors (Lipinski definition) is 1. The maximum atomic E-state index is 13.2. The van der Waals surface area contributed by atoms with Crippen LogP contribution in [0.2, 0.25) is 0 Å². The molecule has 0 unspecified atom stereocenters. The second-order valence-corrected chi connectivity index (χ2v) is 8.37. The minimum atomic E-state index is 0.0212. The lowest BCUT2D eigenvalue weighted by molar-refractivity contribution is -0.683. The van der Waals surface area contributed by atoms with Gasteiger partial charge in [0.15, 0.2) is 12.4 Å². The van der Waals surface area contributed by atoms with Crippen LogP contribution >= 0.6 is 0 Å². The number of hydrogen-bond donors (Lipinski definition) is 0. The van der Waals surface area contributed by atoms with Gasteiger partial charge in [0.05, 0.1) is 0 Å². The largest absolute Gasteiger partial charge is 0.292 e. The van der Waals surface area contributed by atoms with Gasteiger partial charge in [-0.1, -0.05) is 18.2 Å².